The molecule has 0 fully saturated rings. The van der Waals surface area contributed by atoms with Crippen LogP contribution in [0.4, 0.5) is 0 Å². The Kier molecular flexibility index (Phi) is 5.66. The van der Waals surface area contributed by atoms with Crippen LogP contribution in [0.5, 0.6) is 0 Å². The van der Waals surface area contributed by atoms with Crippen LogP contribution >= 0.6 is 0 Å². The minimum Gasteiger partial charge on any atom is -0.299 e. The van der Waals surface area contributed by atoms with Crippen molar-refractivity contribution in [2.24, 2.45) is 11.3 Å². The molecule has 0 aliphatic heterocycles. The molecule has 1 radical (unpaired) electrons. The van der Waals surface area contributed by atoms with Crippen molar-refractivity contribution >= 4 is 12.1 Å². The second kappa shape index (κ2) is 5.94. The molecule has 14 heavy (non-hydrogen) atoms. The second-order valence-corrected chi connectivity index (χ2v) is 4.84. The van der Waals surface area contributed by atoms with Crippen molar-refractivity contribution in [2.75, 3.05) is 0 Å². The van der Waals surface area contributed by atoms with Gasteiger partial charge in [-0.3, -0.25) is 9.59 Å². The molecule has 0 heterocycles. The van der Waals surface area contributed by atoms with Gasteiger partial charge in [0.15, 0.2) is 0 Å². The van der Waals surface area contributed by atoms with E-state index in [9.17, 15) is 9.59 Å². The number of Topliss-reactive ketones (excluding diaryl/α,β-unsaturated/α-hetero) is 1. The summed E-state index contributed by atoms with van der Waals surface area (Å²) in [4.78, 5) is 22.3. The first-order valence-corrected chi connectivity index (χ1v) is 5.33. The Bertz CT molecular complexity index is 189. The molecule has 1 atom stereocenters. The molecule has 1 unspecified atom stereocenters. The fourth-order valence-corrected chi connectivity index (χ4v) is 1.42. The van der Waals surface area contributed by atoms with E-state index in [2.05, 4.69) is 6.92 Å². The average molecular weight is 197 g/mol. The Morgan fingerprint density at radius 2 is 1.86 bits per heavy atom. The molecule has 0 aromatic heterocycles. The van der Waals surface area contributed by atoms with Crippen LogP contribution in [-0.2, 0) is 9.59 Å². The van der Waals surface area contributed by atoms with Crippen molar-refractivity contribution < 1.29 is 9.59 Å². The van der Waals surface area contributed by atoms with E-state index in [4.69, 9.17) is 0 Å². The van der Waals surface area contributed by atoms with Gasteiger partial charge in [-0.2, -0.15) is 0 Å². The molecule has 0 aromatic carbocycles. The lowest BCUT2D eigenvalue weighted by atomic mass is 9.78. The van der Waals surface area contributed by atoms with Gasteiger partial charge in [-0.05, 0) is 11.8 Å². The van der Waals surface area contributed by atoms with Crippen molar-refractivity contribution in [3.05, 3.63) is 0 Å². The van der Waals surface area contributed by atoms with Crippen LogP contribution in [0.1, 0.15) is 53.4 Å². The average Bonchev–Trinajstić information content (AvgIpc) is 2.03. The monoisotopic (exact) mass is 197 g/mol. The van der Waals surface area contributed by atoms with Gasteiger partial charge in [0, 0.05) is 6.42 Å². The molecular formula is C12H21O2. The highest BCUT2D eigenvalue weighted by atomic mass is 16.1. The SMILES string of the molecule is CCCCCC(=O)C([C]=O)C(C)(C)C. The van der Waals surface area contributed by atoms with Gasteiger partial charge in [-0.1, -0.05) is 40.5 Å². The Morgan fingerprint density at radius 1 is 1.29 bits per heavy atom. The Morgan fingerprint density at radius 3 is 2.21 bits per heavy atom. The summed E-state index contributed by atoms with van der Waals surface area (Å²) in [7, 11) is 0. The quantitative estimate of drug-likeness (QED) is 0.484. The first-order valence-electron chi connectivity index (χ1n) is 5.33. The molecule has 0 aromatic rings. The van der Waals surface area contributed by atoms with Gasteiger partial charge in [0.1, 0.15) is 5.78 Å². The van der Waals surface area contributed by atoms with Crippen molar-refractivity contribution in [1.29, 1.82) is 0 Å². The van der Waals surface area contributed by atoms with Gasteiger partial charge in [0.2, 0.25) is 6.29 Å². The molecule has 0 aliphatic carbocycles. The summed E-state index contributed by atoms with van der Waals surface area (Å²) in [5.41, 5.74) is -0.287. The van der Waals surface area contributed by atoms with Crippen molar-refractivity contribution in [2.45, 2.75) is 53.4 Å². The lowest BCUT2D eigenvalue weighted by Crippen LogP contribution is -2.29. The summed E-state index contributed by atoms with van der Waals surface area (Å²) >= 11 is 0. The zero-order chi connectivity index (χ0) is 11.2. The molecule has 0 bridgehead atoms. The van der Waals surface area contributed by atoms with Gasteiger partial charge in [0.05, 0.1) is 5.92 Å². The molecule has 0 amide bonds. The molecule has 0 rings (SSSR count). The van der Waals surface area contributed by atoms with E-state index in [1.54, 1.807) is 0 Å². The molecule has 0 aliphatic rings. The third-order valence-corrected chi connectivity index (χ3v) is 2.33. The third kappa shape index (κ3) is 4.54. The zero-order valence-electron chi connectivity index (χ0n) is 9.72. The van der Waals surface area contributed by atoms with Gasteiger partial charge < -0.3 is 0 Å². The maximum absolute atomic E-state index is 11.6. The number of ketones is 1. The number of hydrogen-bond donors (Lipinski definition) is 0. The molecule has 81 valence electrons. The molecule has 0 saturated carbocycles. The summed E-state index contributed by atoms with van der Waals surface area (Å²) < 4.78 is 0. The van der Waals surface area contributed by atoms with Gasteiger partial charge in [0.25, 0.3) is 0 Å². The molecule has 2 nitrogen and oxygen atoms in total. The van der Waals surface area contributed by atoms with Crippen LogP contribution in [0.25, 0.3) is 0 Å². The zero-order valence-corrected chi connectivity index (χ0v) is 9.72. The largest absolute Gasteiger partial charge is 0.299 e. The van der Waals surface area contributed by atoms with E-state index in [1.165, 1.54) is 0 Å². The minimum absolute atomic E-state index is 0.0425. The van der Waals surface area contributed by atoms with Crippen LogP contribution in [0.2, 0.25) is 0 Å². The predicted molar refractivity (Wildman–Crippen MR) is 57.8 cm³/mol. The smallest absolute Gasteiger partial charge is 0.210 e. The number of rotatable bonds is 6. The standard InChI is InChI=1S/C12H21O2/c1-5-6-7-8-11(14)10(9-13)12(2,3)4/h10H,5-8H2,1-4H3. The minimum atomic E-state index is -0.556. The summed E-state index contributed by atoms with van der Waals surface area (Å²) in [5.74, 6) is -0.514. The lowest BCUT2D eigenvalue weighted by Gasteiger charge is -2.23. The van der Waals surface area contributed by atoms with E-state index in [-0.39, 0.29) is 11.2 Å². The third-order valence-electron chi connectivity index (χ3n) is 2.33. The van der Waals surface area contributed by atoms with E-state index >= 15 is 0 Å². The summed E-state index contributed by atoms with van der Waals surface area (Å²) in [6, 6.07) is 0. The Labute approximate surface area is 87.1 Å². The first-order chi connectivity index (χ1) is 6.43. The highest BCUT2D eigenvalue weighted by Crippen LogP contribution is 2.26. The molecule has 0 N–H and O–H groups in total. The van der Waals surface area contributed by atoms with Crippen LogP contribution in [0, 0.1) is 11.3 Å². The number of unbranched alkanes of at least 4 members (excludes halogenated alkanes) is 2. The number of carbonyl (C=O) groups excluding carboxylic acids is 2. The maximum atomic E-state index is 11.6. The van der Waals surface area contributed by atoms with Gasteiger partial charge >= 0.3 is 0 Å². The van der Waals surface area contributed by atoms with Gasteiger partial charge in [-0.25, -0.2) is 0 Å². The van der Waals surface area contributed by atoms with Crippen molar-refractivity contribution in [3.63, 3.8) is 0 Å². The Hall–Kier alpha value is -0.660. The molecule has 0 saturated heterocycles. The maximum Gasteiger partial charge on any atom is 0.210 e. The van der Waals surface area contributed by atoms with E-state index in [0.717, 1.165) is 19.3 Å². The van der Waals surface area contributed by atoms with Crippen LogP contribution in [0.3, 0.4) is 0 Å². The lowest BCUT2D eigenvalue weighted by molar-refractivity contribution is -0.123. The predicted octanol–water partition coefficient (Wildman–Crippen LogP) is 2.91. The molecule has 2 heteroatoms. The van der Waals surface area contributed by atoms with Crippen molar-refractivity contribution in [3.8, 4) is 0 Å². The highest BCUT2D eigenvalue weighted by Gasteiger charge is 2.30. The fraction of sp³-hybridized carbons (Fsp3) is 0.833. The summed E-state index contributed by atoms with van der Waals surface area (Å²) in [6.07, 6.45) is 5.43. The van der Waals surface area contributed by atoms with E-state index in [0.29, 0.717) is 6.42 Å². The molecule has 0 spiro atoms. The number of hydrogen-bond acceptors (Lipinski definition) is 2. The van der Waals surface area contributed by atoms with Crippen LogP contribution < -0.4 is 0 Å². The second-order valence-electron chi connectivity index (χ2n) is 4.84. The van der Waals surface area contributed by atoms with Crippen LogP contribution in [-0.4, -0.2) is 12.1 Å². The summed E-state index contributed by atoms with van der Waals surface area (Å²) in [6.45, 7) is 7.80. The van der Waals surface area contributed by atoms with E-state index in [1.807, 2.05) is 27.1 Å². The van der Waals surface area contributed by atoms with Crippen LogP contribution in [0.15, 0.2) is 0 Å². The topological polar surface area (TPSA) is 34.1 Å². The Balaban J connectivity index is 4.13. The van der Waals surface area contributed by atoms with Gasteiger partial charge in [-0.15, -0.1) is 0 Å². The summed E-state index contributed by atoms with van der Waals surface area (Å²) in [5, 5.41) is 0. The highest BCUT2D eigenvalue weighted by molar-refractivity contribution is 5.94. The van der Waals surface area contributed by atoms with Crippen molar-refractivity contribution in [1.82, 2.24) is 0 Å². The molecular weight excluding hydrogens is 176 g/mol. The first kappa shape index (κ1) is 13.3. The fourth-order valence-electron chi connectivity index (χ4n) is 1.42. The number of carbonyl (C=O) groups is 1. The normalized spacial score (nSPS) is 13.7. The van der Waals surface area contributed by atoms with E-state index < -0.39 is 5.92 Å².